The summed E-state index contributed by atoms with van der Waals surface area (Å²) in [6, 6.07) is 4.12. The summed E-state index contributed by atoms with van der Waals surface area (Å²) in [5.74, 6) is 0. The average molecular weight is 219 g/mol. The van der Waals surface area contributed by atoms with Crippen molar-refractivity contribution in [3.8, 4) is 0 Å². The first-order chi connectivity index (χ1) is 7.77. The van der Waals surface area contributed by atoms with Crippen molar-refractivity contribution in [3.05, 3.63) is 30.1 Å². The zero-order valence-electron chi connectivity index (χ0n) is 10.0. The fourth-order valence-electron chi connectivity index (χ4n) is 2.71. The molecule has 1 fully saturated rings. The Morgan fingerprint density at radius 1 is 1.44 bits per heavy atom. The molecule has 1 heterocycles. The van der Waals surface area contributed by atoms with Crippen LogP contribution in [0.15, 0.2) is 24.5 Å². The Labute approximate surface area is 97.7 Å². The van der Waals surface area contributed by atoms with E-state index in [-0.39, 0.29) is 5.54 Å². The molecule has 0 aromatic carbocycles. The number of likely N-dealkylation sites (N-methyl/N-ethyl adjacent to an activating group) is 1. The molecular weight excluding hydrogens is 198 g/mol. The van der Waals surface area contributed by atoms with Gasteiger partial charge in [0.05, 0.1) is 0 Å². The molecule has 1 aliphatic carbocycles. The van der Waals surface area contributed by atoms with Crippen molar-refractivity contribution < 1.29 is 0 Å². The van der Waals surface area contributed by atoms with Gasteiger partial charge in [0.15, 0.2) is 0 Å². The standard InChI is InChI=1S/C13H21N3/c1-16(10-12-5-4-8-15-9-12)13(11-14)6-2-3-7-13/h4-5,8-9H,2-3,6-7,10-11,14H2,1H3. The van der Waals surface area contributed by atoms with Gasteiger partial charge < -0.3 is 5.73 Å². The molecule has 0 aliphatic heterocycles. The molecule has 88 valence electrons. The molecule has 0 unspecified atom stereocenters. The second-order valence-corrected chi connectivity index (χ2v) is 4.85. The highest BCUT2D eigenvalue weighted by Gasteiger charge is 2.36. The minimum atomic E-state index is 0.232. The molecule has 3 nitrogen and oxygen atoms in total. The quantitative estimate of drug-likeness (QED) is 0.839. The van der Waals surface area contributed by atoms with E-state index < -0.39 is 0 Å². The number of nitrogens with zero attached hydrogens (tertiary/aromatic N) is 2. The summed E-state index contributed by atoms with van der Waals surface area (Å²) in [6.07, 6.45) is 8.86. The molecule has 3 heteroatoms. The second kappa shape index (κ2) is 4.93. The van der Waals surface area contributed by atoms with E-state index >= 15 is 0 Å². The second-order valence-electron chi connectivity index (χ2n) is 4.85. The molecule has 1 aromatic heterocycles. The van der Waals surface area contributed by atoms with Crippen molar-refractivity contribution in [2.24, 2.45) is 5.73 Å². The Morgan fingerprint density at radius 3 is 2.75 bits per heavy atom. The Bertz CT molecular complexity index is 317. The van der Waals surface area contributed by atoms with Gasteiger partial charge in [-0.05, 0) is 31.5 Å². The number of aromatic nitrogens is 1. The molecule has 2 N–H and O–H groups in total. The molecule has 0 atom stereocenters. The molecule has 1 saturated carbocycles. The molecule has 0 bridgehead atoms. The number of nitrogens with two attached hydrogens (primary N) is 1. The van der Waals surface area contributed by atoms with Crippen molar-refractivity contribution in [1.82, 2.24) is 9.88 Å². The van der Waals surface area contributed by atoms with E-state index in [2.05, 4.69) is 23.0 Å². The van der Waals surface area contributed by atoms with E-state index in [1.54, 1.807) is 0 Å². The van der Waals surface area contributed by atoms with Crippen LogP contribution in [-0.4, -0.2) is 29.0 Å². The van der Waals surface area contributed by atoms with Crippen molar-refractivity contribution in [1.29, 1.82) is 0 Å². The fraction of sp³-hybridized carbons (Fsp3) is 0.615. The van der Waals surface area contributed by atoms with Crippen LogP contribution < -0.4 is 5.73 Å². The third-order valence-electron chi connectivity index (χ3n) is 3.87. The molecule has 2 rings (SSSR count). The number of hydrogen-bond donors (Lipinski definition) is 1. The summed E-state index contributed by atoms with van der Waals surface area (Å²) in [6.45, 7) is 1.72. The highest BCUT2D eigenvalue weighted by molar-refractivity contribution is 5.09. The lowest BCUT2D eigenvalue weighted by atomic mass is 9.95. The van der Waals surface area contributed by atoms with Crippen LogP contribution in [-0.2, 0) is 6.54 Å². The highest BCUT2D eigenvalue weighted by Crippen LogP contribution is 2.34. The molecule has 0 spiro atoms. The van der Waals surface area contributed by atoms with Gasteiger partial charge in [-0.2, -0.15) is 0 Å². The minimum absolute atomic E-state index is 0.232. The number of rotatable bonds is 4. The van der Waals surface area contributed by atoms with E-state index in [9.17, 15) is 0 Å². The smallest absolute Gasteiger partial charge is 0.0332 e. The van der Waals surface area contributed by atoms with Gasteiger partial charge in [0.25, 0.3) is 0 Å². The predicted molar refractivity (Wildman–Crippen MR) is 66.0 cm³/mol. The number of hydrogen-bond acceptors (Lipinski definition) is 3. The van der Waals surface area contributed by atoms with Crippen LogP contribution in [0.5, 0.6) is 0 Å². The lowest BCUT2D eigenvalue weighted by molar-refractivity contribution is 0.124. The van der Waals surface area contributed by atoms with Gasteiger partial charge in [0.1, 0.15) is 0 Å². The van der Waals surface area contributed by atoms with E-state index in [1.807, 2.05) is 18.5 Å². The van der Waals surface area contributed by atoms with Crippen LogP contribution >= 0.6 is 0 Å². The van der Waals surface area contributed by atoms with Crippen molar-refractivity contribution in [2.45, 2.75) is 37.8 Å². The van der Waals surface area contributed by atoms with Gasteiger partial charge in [-0.1, -0.05) is 18.9 Å². The normalized spacial score (nSPS) is 19.2. The largest absolute Gasteiger partial charge is 0.329 e. The minimum Gasteiger partial charge on any atom is -0.329 e. The van der Waals surface area contributed by atoms with Crippen LogP contribution in [0.4, 0.5) is 0 Å². The maximum absolute atomic E-state index is 5.97. The third kappa shape index (κ3) is 2.25. The molecule has 0 saturated heterocycles. The van der Waals surface area contributed by atoms with Gasteiger partial charge in [0.2, 0.25) is 0 Å². The third-order valence-corrected chi connectivity index (χ3v) is 3.87. The zero-order chi connectivity index (χ0) is 11.4. The summed E-state index contributed by atoms with van der Waals surface area (Å²) in [5, 5.41) is 0. The van der Waals surface area contributed by atoms with Crippen LogP contribution in [0.1, 0.15) is 31.2 Å². The molecule has 0 radical (unpaired) electrons. The first kappa shape index (κ1) is 11.6. The van der Waals surface area contributed by atoms with Crippen LogP contribution in [0.2, 0.25) is 0 Å². The van der Waals surface area contributed by atoms with Gasteiger partial charge in [0, 0.05) is 31.0 Å². The topological polar surface area (TPSA) is 42.2 Å². The molecule has 1 aromatic rings. The summed E-state index contributed by atoms with van der Waals surface area (Å²) >= 11 is 0. The van der Waals surface area contributed by atoms with Crippen molar-refractivity contribution in [3.63, 3.8) is 0 Å². The van der Waals surface area contributed by atoms with Gasteiger partial charge in [-0.3, -0.25) is 9.88 Å². The highest BCUT2D eigenvalue weighted by atomic mass is 15.2. The first-order valence-corrected chi connectivity index (χ1v) is 6.07. The van der Waals surface area contributed by atoms with E-state index in [0.29, 0.717) is 0 Å². The van der Waals surface area contributed by atoms with Gasteiger partial charge in [-0.25, -0.2) is 0 Å². The van der Waals surface area contributed by atoms with E-state index in [1.165, 1.54) is 31.2 Å². The zero-order valence-corrected chi connectivity index (χ0v) is 10.0. The molecule has 0 amide bonds. The maximum Gasteiger partial charge on any atom is 0.0332 e. The summed E-state index contributed by atoms with van der Waals surface area (Å²) in [7, 11) is 2.19. The lowest BCUT2D eigenvalue weighted by Gasteiger charge is -2.38. The molecule has 1 aliphatic rings. The molecule has 16 heavy (non-hydrogen) atoms. The van der Waals surface area contributed by atoms with Gasteiger partial charge >= 0.3 is 0 Å². The first-order valence-electron chi connectivity index (χ1n) is 6.07. The maximum atomic E-state index is 5.97. The SMILES string of the molecule is CN(Cc1cccnc1)C1(CN)CCCC1. The Balaban J connectivity index is 2.04. The van der Waals surface area contributed by atoms with Crippen LogP contribution in [0.25, 0.3) is 0 Å². The summed E-state index contributed by atoms with van der Waals surface area (Å²) in [5.41, 5.74) is 7.47. The monoisotopic (exact) mass is 219 g/mol. The average Bonchev–Trinajstić information content (AvgIpc) is 2.80. The van der Waals surface area contributed by atoms with Gasteiger partial charge in [-0.15, -0.1) is 0 Å². The van der Waals surface area contributed by atoms with E-state index in [0.717, 1.165) is 13.1 Å². The summed E-state index contributed by atoms with van der Waals surface area (Å²) < 4.78 is 0. The van der Waals surface area contributed by atoms with Crippen molar-refractivity contribution >= 4 is 0 Å². The van der Waals surface area contributed by atoms with Crippen LogP contribution in [0, 0.1) is 0 Å². The predicted octanol–water partition coefficient (Wildman–Crippen LogP) is 1.78. The molecular formula is C13H21N3. The van der Waals surface area contributed by atoms with Crippen molar-refractivity contribution in [2.75, 3.05) is 13.6 Å². The lowest BCUT2D eigenvalue weighted by Crippen LogP contribution is -2.49. The van der Waals surface area contributed by atoms with E-state index in [4.69, 9.17) is 5.73 Å². The fourth-order valence-corrected chi connectivity index (χ4v) is 2.71. The number of pyridine rings is 1. The Hall–Kier alpha value is -0.930. The summed E-state index contributed by atoms with van der Waals surface area (Å²) in [4.78, 5) is 6.57. The Kier molecular flexibility index (Phi) is 3.56. The van der Waals surface area contributed by atoms with Crippen LogP contribution in [0.3, 0.4) is 0 Å². The Morgan fingerprint density at radius 2 is 2.19 bits per heavy atom.